The Bertz CT molecular complexity index is 730. The van der Waals surface area contributed by atoms with Crippen LogP contribution in [0.4, 0.5) is 18.9 Å². The van der Waals surface area contributed by atoms with Gasteiger partial charge in [-0.25, -0.2) is 0 Å². The molecule has 0 bridgehead atoms. The van der Waals surface area contributed by atoms with Gasteiger partial charge in [0.05, 0.1) is 29.8 Å². The molecule has 8 heteroatoms. The topological polar surface area (TPSA) is 77.7 Å². The van der Waals surface area contributed by atoms with E-state index in [1.165, 1.54) is 24.5 Å². The highest BCUT2D eigenvalue weighted by Gasteiger charge is 2.30. The molecule has 1 aromatic carbocycles. The summed E-state index contributed by atoms with van der Waals surface area (Å²) in [5.41, 5.74) is 2.76. The molecule has 0 radical (unpaired) electrons. The Hall–Kier alpha value is -2.61. The molecule has 3 N–H and O–H groups in total. The molecule has 2 aromatic rings. The number of aromatic nitrogens is 1. The fraction of sp³-hybridized carbons (Fsp3) is 0.200. The van der Waals surface area contributed by atoms with E-state index in [9.17, 15) is 23.4 Å². The van der Waals surface area contributed by atoms with E-state index in [1.807, 2.05) is 0 Å². The summed E-state index contributed by atoms with van der Waals surface area (Å²) in [4.78, 5) is 3.90. The third-order valence-electron chi connectivity index (χ3n) is 3.11. The highest BCUT2D eigenvalue weighted by atomic mass is 19.4. The molecule has 0 aliphatic carbocycles. The molecule has 0 fully saturated rings. The lowest BCUT2D eigenvalue weighted by Gasteiger charge is -2.09. The number of halogens is 3. The molecule has 2 rings (SSSR count). The van der Waals surface area contributed by atoms with E-state index >= 15 is 0 Å². The zero-order chi connectivity index (χ0) is 17.0. The Morgan fingerprint density at radius 2 is 2.09 bits per heavy atom. The van der Waals surface area contributed by atoms with Crippen LogP contribution in [0.15, 0.2) is 35.6 Å². The van der Waals surface area contributed by atoms with Crippen LogP contribution in [0.5, 0.6) is 5.75 Å². The predicted molar refractivity (Wildman–Crippen MR) is 79.2 cm³/mol. The average Bonchev–Trinajstić information content (AvgIpc) is 2.51. The smallest absolute Gasteiger partial charge is 0.416 e. The maximum absolute atomic E-state index is 12.6. The number of aliphatic hydroxyl groups excluding tert-OH is 1. The number of rotatable bonds is 4. The largest absolute Gasteiger partial charge is 0.505 e. The fourth-order valence-corrected chi connectivity index (χ4v) is 1.86. The van der Waals surface area contributed by atoms with Crippen molar-refractivity contribution in [1.29, 1.82) is 0 Å². The summed E-state index contributed by atoms with van der Waals surface area (Å²) in [5, 5.41) is 22.9. The summed E-state index contributed by atoms with van der Waals surface area (Å²) < 4.78 is 37.9. The van der Waals surface area contributed by atoms with Crippen molar-refractivity contribution in [2.45, 2.75) is 19.7 Å². The average molecular weight is 325 g/mol. The number of nitrogens with one attached hydrogen (secondary N) is 1. The summed E-state index contributed by atoms with van der Waals surface area (Å²) in [6, 6.07) is 4.56. The summed E-state index contributed by atoms with van der Waals surface area (Å²) in [7, 11) is 0. The summed E-state index contributed by atoms with van der Waals surface area (Å²) >= 11 is 0. The van der Waals surface area contributed by atoms with E-state index < -0.39 is 11.7 Å². The zero-order valence-corrected chi connectivity index (χ0v) is 12.1. The second-order valence-corrected chi connectivity index (χ2v) is 4.74. The standard InChI is InChI=1S/C15H14F3N3O2/c1-9-14(23)13(10(8-22)6-19-9)7-20-21-12-4-2-3-11(5-12)15(16,17)18/h2-7,21-23H,8H2,1H3/b20-7+. The van der Waals surface area contributed by atoms with Gasteiger partial charge in [-0.1, -0.05) is 6.07 Å². The van der Waals surface area contributed by atoms with Crippen LogP contribution in [0.1, 0.15) is 22.4 Å². The van der Waals surface area contributed by atoms with Crippen LogP contribution in [0.25, 0.3) is 0 Å². The molecule has 0 amide bonds. The van der Waals surface area contributed by atoms with Crippen molar-refractivity contribution in [3.05, 3.63) is 52.8 Å². The molecule has 23 heavy (non-hydrogen) atoms. The number of aromatic hydroxyl groups is 1. The second-order valence-electron chi connectivity index (χ2n) is 4.74. The lowest BCUT2D eigenvalue weighted by molar-refractivity contribution is -0.137. The van der Waals surface area contributed by atoms with E-state index in [4.69, 9.17) is 0 Å². The van der Waals surface area contributed by atoms with Gasteiger partial charge in [-0.2, -0.15) is 18.3 Å². The van der Waals surface area contributed by atoms with E-state index in [1.54, 1.807) is 6.92 Å². The summed E-state index contributed by atoms with van der Waals surface area (Å²) in [6.45, 7) is 1.22. The highest BCUT2D eigenvalue weighted by Crippen LogP contribution is 2.30. The first-order valence-corrected chi connectivity index (χ1v) is 6.57. The normalized spacial score (nSPS) is 11.9. The second kappa shape index (κ2) is 6.66. The fourth-order valence-electron chi connectivity index (χ4n) is 1.86. The Balaban J connectivity index is 2.22. The maximum atomic E-state index is 12.6. The quantitative estimate of drug-likeness (QED) is 0.596. The van der Waals surface area contributed by atoms with E-state index in [2.05, 4.69) is 15.5 Å². The summed E-state index contributed by atoms with van der Waals surface area (Å²) in [5.74, 6) is -0.147. The van der Waals surface area contributed by atoms with Gasteiger partial charge in [-0.15, -0.1) is 0 Å². The highest BCUT2D eigenvalue weighted by molar-refractivity contribution is 5.86. The number of pyridine rings is 1. The van der Waals surface area contributed by atoms with Gasteiger partial charge >= 0.3 is 6.18 Å². The van der Waals surface area contributed by atoms with E-state index in [0.717, 1.165) is 12.1 Å². The molecule has 0 unspecified atom stereocenters. The van der Waals surface area contributed by atoms with Crippen molar-refractivity contribution >= 4 is 11.9 Å². The molecular weight excluding hydrogens is 311 g/mol. The Labute approximate surface area is 130 Å². The molecule has 0 saturated carbocycles. The molecule has 1 aromatic heterocycles. The van der Waals surface area contributed by atoms with Crippen LogP contribution in [-0.2, 0) is 12.8 Å². The van der Waals surface area contributed by atoms with Gasteiger partial charge in [0.25, 0.3) is 0 Å². The van der Waals surface area contributed by atoms with Crippen LogP contribution in [0.3, 0.4) is 0 Å². The molecule has 0 atom stereocenters. The van der Waals surface area contributed by atoms with E-state index in [-0.39, 0.29) is 23.6 Å². The number of nitrogens with zero attached hydrogens (tertiary/aromatic N) is 2. The molecule has 122 valence electrons. The number of hydrogen-bond acceptors (Lipinski definition) is 5. The van der Waals surface area contributed by atoms with Crippen molar-refractivity contribution in [3.8, 4) is 5.75 Å². The van der Waals surface area contributed by atoms with Crippen molar-refractivity contribution in [2.75, 3.05) is 5.43 Å². The zero-order valence-electron chi connectivity index (χ0n) is 12.1. The van der Waals surface area contributed by atoms with Crippen LogP contribution in [0, 0.1) is 6.92 Å². The molecule has 0 aliphatic heterocycles. The molecule has 5 nitrogen and oxygen atoms in total. The lowest BCUT2D eigenvalue weighted by atomic mass is 10.1. The molecule has 1 heterocycles. The molecular formula is C15H14F3N3O2. The minimum Gasteiger partial charge on any atom is -0.505 e. The minimum absolute atomic E-state index is 0.145. The number of anilines is 1. The predicted octanol–water partition coefficient (Wildman–Crippen LogP) is 3.05. The number of alkyl halides is 3. The Morgan fingerprint density at radius 1 is 1.35 bits per heavy atom. The van der Waals surface area contributed by atoms with Crippen molar-refractivity contribution < 1.29 is 23.4 Å². The van der Waals surface area contributed by atoms with E-state index in [0.29, 0.717) is 11.3 Å². The Kier molecular flexibility index (Phi) is 4.85. The van der Waals surface area contributed by atoms with Crippen molar-refractivity contribution in [2.24, 2.45) is 5.10 Å². The van der Waals surface area contributed by atoms with Crippen LogP contribution >= 0.6 is 0 Å². The number of aliphatic hydroxyl groups is 1. The van der Waals surface area contributed by atoms with Gasteiger partial charge in [0.2, 0.25) is 0 Å². The monoisotopic (exact) mass is 325 g/mol. The first kappa shape index (κ1) is 16.8. The third-order valence-corrected chi connectivity index (χ3v) is 3.11. The van der Waals surface area contributed by atoms with Crippen LogP contribution < -0.4 is 5.43 Å². The Morgan fingerprint density at radius 3 is 2.74 bits per heavy atom. The van der Waals surface area contributed by atoms with Gasteiger partial charge in [0.1, 0.15) is 5.75 Å². The maximum Gasteiger partial charge on any atom is 0.416 e. The minimum atomic E-state index is -4.44. The van der Waals surface area contributed by atoms with Crippen LogP contribution in [0.2, 0.25) is 0 Å². The number of hydrazone groups is 1. The number of aryl methyl sites for hydroxylation is 1. The van der Waals surface area contributed by atoms with Gasteiger partial charge < -0.3 is 10.2 Å². The molecule has 0 spiro atoms. The van der Waals surface area contributed by atoms with Crippen molar-refractivity contribution in [1.82, 2.24) is 4.98 Å². The van der Waals surface area contributed by atoms with Gasteiger partial charge in [-0.05, 0) is 25.1 Å². The first-order valence-electron chi connectivity index (χ1n) is 6.57. The summed E-state index contributed by atoms with van der Waals surface area (Å²) in [6.07, 6.45) is -1.83. The SMILES string of the molecule is Cc1ncc(CO)c(/C=N/Nc2cccc(C(F)(F)F)c2)c1O. The third kappa shape index (κ3) is 3.98. The lowest BCUT2D eigenvalue weighted by Crippen LogP contribution is -2.05. The number of hydrogen-bond donors (Lipinski definition) is 3. The first-order chi connectivity index (χ1) is 10.8. The van der Waals surface area contributed by atoms with Gasteiger partial charge in [0, 0.05) is 17.3 Å². The molecule has 0 saturated heterocycles. The van der Waals surface area contributed by atoms with Crippen LogP contribution in [-0.4, -0.2) is 21.4 Å². The number of benzene rings is 1. The van der Waals surface area contributed by atoms with Gasteiger partial charge in [0.15, 0.2) is 0 Å². The van der Waals surface area contributed by atoms with Crippen molar-refractivity contribution in [3.63, 3.8) is 0 Å². The van der Waals surface area contributed by atoms with Gasteiger partial charge in [-0.3, -0.25) is 10.4 Å². The molecule has 0 aliphatic rings.